The molecule has 0 spiro atoms. The largest absolute Gasteiger partial charge is 0.352 e. The molecule has 1 amide bonds. The molecule has 1 aliphatic carbocycles. The second kappa shape index (κ2) is 13.3. The van der Waals surface area contributed by atoms with Gasteiger partial charge in [0.1, 0.15) is 0 Å². The molecule has 0 aromatic heterocycles. The number of carbonyl (C=O) groups excluding carboxylic acids is 1. The molecule has 5 nitrogen and oxygen atoms in total. The van der Waals surface area contributed by atoms with Gasteiger partial charge in [0, 0.05) is 18.8 Å². The van der Waals surface area contributed by atoms with Crippen molar-refractivity contribution in [1.29, 1.82) is 0 Å². The highest BCUT2D eigenvalue weighted by molar-refractivity contribution is 7.51. The van der Waals surface area contributed by atoms with E-state index in [1.807, 2.05) is 18.2 Å². The summed E-state index contributed by atoms with van der Waals surface area (Å²) in [5.41, 5.74) is 0.867. The summed E-state index contributed by atoms with van der Waals surface area (Å²) in [5.74, 6) is 0.0798. The summed E-state index contributed by atoms with van der Waals surface area (Å²) < 4.78 is 15.8. The zero-order chi connectivity index (χ0) is 18.4. The second-order valence-electron chi connectivity index (χ2n) is 6.75. The number of allylic oxidation sites excluding steroid dienone is 3. The molecule has 144 valence electrons. The molecule has 1 unspecified atom stereocenters. The Balaban J connectivity index is 1.76. The van der Waals surface area contributed by atoms with Crippen LogP contribution >= 0.6 is 7.60 Å². The summed E-state index contributed by atoms with van der Waals surface area (Å²) in [6.07, 6.45) is 18.1. The standard InChI is InChI=1S/C19H34NO4P/c1-25(22,23)24-17-13-9-7-5-3-2-4-6-8-12-16-20-19(21)18-14-10-11-15-18/h10-11,14H,2-9,12-13,15-17H2,1H3,(H,20,21)(H,22,23). The third-order valence-electron chi connectivity index (χ3n) is 4.25. The van der Waals surface area contributed by atoms with Crippen LogP contribution in [0.15, 0.2) is 23.8 Å². The van der Waals surface area contributed by atoms with Crippen LogP contribution in [0.3, 0.4) is 0 Å². The van der Waals surface area contributed by atoms with Gasteiger partial charge in [-0.25, -0.2) is 0 Å². The molecule has 0 bridgehead atoms. The highest BCUT2D eigenvalue weighted by atomic mass is 31.2. The van der Waals surface area contributed by atoms with Crippen LogP contribution in [-0.4, -0.2) is 30.6 Å². The highest BCUT2D eigenvalue weighted by Gasteiger charge is 2.09. The SMILES string of the molecule is CP(=O)(O)OCCCCCCCCCCCCNC(=O)C1=CC=CC1. The van der Waals surface area contributed by atoms with Crippen LogP contribution in [0, 0.1) is 0 Å². The minimum absolute atomic E-state index is 0.0798. The Kier molecular flexibility index (Phi) is 11.8. The van der Waals surface area contributed by atoms with Gasteiger partial charge in [-0.15, -0.1) is 0 Å². The van der Waals surface area contributed by atoms with Gasteiger partial charge in [0.15, 0.2) is 0 Å². The molecular weight excluding hydrogens is 337 g/mol. The molecule has 0 aromatic carbocycles. The lowest BCUT2D eigenvalue weighted by Crippen LogP contribution is -2.25. The predicted molar refractivity (Wildman–Crippen MR) is 103 cm³/mol. The second-order valence-corrected chi connectivity index (χ2v) is 8.62. The van der Waals surface area contributed by atoms with Crippen LogP contribution in [0.2, 0.25) is 0 Å². The molecule has 25 heavy (non-hydrogen) atoms. The number of hydrogen-bond donors (Lipinski definition) is 2. The first-order valence-corrected chi connectivity index (χ1v) is 11.6. The fraction of sp³-hybridized carbons (Fsp3) is 0.737. The Labute approximate surface area is 152 Å². The molecule has 0 heterocycles. The molecule has 0 saturated carbocycles. The Bertz CT molecular complexity index is 482. The summed E-state index contributed by atoms with van der Waals surface area (Å²) in [6.45, 7) is 2.39. The summed E-state index contributed by atoms with van der Waals surface area (Å²) in [7, 11) is -3.29. The maximum atomic E-state index is 11.7. The first-order valence-electron chi connectivity index (χ1n) is 9.58. The van der Waals surface area contributed by atoms with Crippen LogP contribution in [0.4, 0.5) is 0 Å². The highest BCUT2D eigenvalue weighted by Crippen LogP contribution is 2.36. The van der Waals surface area contributed by atoms with Crippen LogP contribution in [0.25, 0.3) is 0 Å². The number of unbranched alkanes of at least 4 members (excludes halogenated alkanes) is 9. The Morgan fingerprint density at radius 3 is 2.16 bits per heavy atom. The van der Waals surface area contributed by atoms with Gasteiger partial charge >= 0.3 is 7.60 Å². The van der Waals surface area contributed by atoms with E-state index < -0.39 is 7.60 Å². The number of carbonyl (C=O) groups is 1. The van der Waals surface area contributed by atoms with Crippen LogP contribution < -0.4 is 5.32 Å². The molecule has 1 rings (SSSR count). The molecule has 0 saturated heterocycles. The van der Waals surface area contributed by atoms with E-state index in [-0.39, 0.29) is 5.91 Å². The van der Waals surface area contributed by atoms with E-state index in [1.165, 1.54) is 51.6 Å². The van der Waals surface area contributed by atoms with E-state index >= 15 is 0 Å². The fourth-order valence-corrected chi connectivity index (χ4v) is 3.27. The minimum atomic E-state index is -3.29. The number of rotatable bonds is 15. The van der Waals surface area contributed by atoms with Gasteiger partial charge < -0.3 is 14.7 Å². The third-order valence-corrected chi connectivity index (χ3v) is 4.91. The lowest BCUT2D eigenvalue weighted by atomic mass is 10.1. The van der Waals surface area contributed by atoms with Crippen molar-refractivity contribution < 1.29 is 18.8 Å². The molecule has 0 aromatic rings. The van der Waals surface area contributed by atoms with E-state index in [1.54, 1.807) is 0 Å². The van der Waals surface area contributed by atoms with Crippen molar-refractivity contribution in [2.24, 2.45) is 0 Å². The van der Waals surface area contributed by atoms with Crippen LogP contribution in [0.5, 0.6) is 0 Å². The third kappa shape index (κ3) is 13.0. The maximum absolute atomic E-state index is 11.7. The van der Waals surface area contributed by atoms with E-state index in [0.717, 1.165) is 37.8 Å². The summed E-state index contributed by atoms with van der Waals surface area (Å²) in [5, 5.41) is 2.98. The zero-order valence-corrected chi connectivity index (χ0v) is 16.4. The van der Waals surface area contributed by atoms with Gasteiger partial charge in [0.05, 0.1) is 6.61 Å². The van der Waals surface area contributed by atoms with Crippen molar-refractivity contribution in [3.8, 4) is 0 Å². The number of hydrogen-bond acceptors (Lipinski definition) is 3. The quantitative estimate of drug-likeness (QED) is 0.323. The summed E-state index contributed by atoms with van der Waals surface area (Å²) >= 11 is 0. The van der Waals surface area contributed by atoms with Gasteiger partial charge in [-0.05, 0) is 19.3 Å². The van der Waals surface area contributed by atoms with E-state index in [9.17, 15) is 9.36 Å². The minimum Gasteiger partial charge on any atom is -0.352 e. The normalized spacial score (nSPS) is 15.8. The molecule has 0 aliphatic heterocycles. The van der Waals surface area contributed by atoms with Crippen molar-refractivity contribution in [3.05, 3.63) is 23.8 Å². The Hall–Kier alpha value is -0.900. The van der Waals surface area contributed by atoms with Crippen molar-refractivity contribution >= 4 is 13.5 Å². The summed E-state index contributed by atoms with van der Waals surface area (Å²) in [6, 6.07) is 0. The predicted octanol–water partition coefficient (Wildman–Crippen LogP) is 4.72. The molecule has 1 aliphatic rings. The molecule has 0 radical (unpaired) electrons. The number of amides is 1. The first-order chi connectivity index (χ1) is 12.0. The van der Waals surface area contributed by atoms with Crippen LogP contribution in [0.1, 0.15) is 70.6 Å². The Morgan fingerprint density at radius 1 is 1.08 bits per heavy atom. The smallest absolute Gasteiger partial charge is 0.325 e. The van der Waals surface area contributed by atoms with Crippen molar-refractivity contribution in [3.63, 3.8) is 0 Å². The van der Waals surface area contributed by atoms with Gasteiger partial charge in [0.25, 0.3) is 0 Å². The lowest BCUT2D eigenvalue weighted by Gasteiger charge is -2.07. The zero-order valence-electron chi connectivity index (χ0n) is 15.5. The topological polar surface area (TPSA) is 75.6 Å². The van der Waals surface area contributed by atoms with E-state index in [2.05, 4.69) is 5.32 Å². The Morgan fingerprint density at radius 2 is 1.64 bits per heavy atom. The molecular formula is C19H34NO4P. The average Bonchev–Trinajstić information content (AvgIpc) is 3.08. The summed E-state index contributed by atoms with van der Waals surface area (Å²) in [4.78, 5) is 20.7. The first kappa shape index (κ1) is 22.1. The van der Waals surface area contributed by atoms with Gasteiger partial charge in [-0.3, -0.25) is 9.36 Å². The molecule has 6 heteroatoms. The van der Waals surface area contributed by atoms with E-state index in [0.29, 0.717) is 6.61 Å². The monoisotopic (exact) mass is 371 g/mol. The molecule has 2 N–H and O–H groups in total. The lowest BCUT2D eigenvalue weighted by molar-refractivity contribution is -0.117. The maximum Gasteiger partial charge on any atom is 0.325 e. The molecule has 1 atom stereocenters. The molecule has 0 fully saturated rings. The van der Waals surface area contributed by atoms with Gasteiger partial charge in [-0.1, -0.05) is 69.6 Å². The van der Waals surface area contributed by atoms with Crippen molar-refractivity contribution in [2.45, 2.75) is 70.6 Å². The van der Waals surface area contributed by atoms with Crippen molar-refractivity contribution in [1.82, 2.24) is 5.32 Å². The van der Waals surface area contributed by atoms with Gasteiger partial charge in [0.2, 0.25) is 5.91 Å². The van der Waals surface area contributed by atoms with E-state index in [4.69, 9.17) is 9.42 Å². The fourth-order valence-electron chi connectivity index (χ4n) is 2.81. The average molecular weight is 371 g/mol. The van der Waals surface area contributed by atoms with Crippen molar-refractivity contribution in [2.75, 3.05) is 19.8 Å². The van der Waals surface area contributed by atoms with Crippen LogP contribution in [-0.2, 0) is 13.9 Å². The number of nitrogens with one attached hydrogen (secondary N) is 1. The van der Waals surface area contributed by atoms with Gasteiger partial charge in [-0.2, -0.15) is 0 Å².